The average Bonchev–Trinajstić information content (AvgIpc) is 0.815. The van der Waals surface area contributed by atoms with Crippen LogP contribution in [0.2, 0.25) is 13.3 Å². The molecule has 0 saturated heterocycles. The van der Waals surface area contributed by atoms with Gasteiger partial charge in [0.1, 0.15) is 46.1 Å². The number of hydrogen-bond acceptors (Lipinski definition) is 12. The van der Waals surface area contributed by atoms with E-state index in [4.69, 9.17) is 44.0 Å². The van der Waals surface area contributed by atoms with Crippen molar-refractivity contribution in [3.05, 3.63) is 226 Å². The molecule has 0 heterocycles. The van der Waals surface area contributed by atoms with Gasteiger partial charge in [-0.15, -0.1) is 0 Å². The van der Waals surface area contributed by atoms with Crippen molar-refractivity contribution in [2.45, 2.75) is 120 Å². The molecule has 15 nitrogen and oxygen atoms in total. The number of alkyl halides is 1. The summed E-state index contributed by atoms with van der Waals surface area (Å²) in [5.74, 6) is 4.51. The number of unbranched alkanes of at least 4 members (excludes halogenated alkanes) is 3. The molecule has 0 unspecified atom stereocenters. The maximum atomic E-state index is 14.6. The average molecular weight is 1600 g/mol. The summed E-state index contributed by atoms with van der Waals surface area (Å²) >= 11 is 0.811. The van der Waals surface area contributed by atoms with Crippen LogP contribution >= 0.6 is 15.9 Å². The molecule has 0 saturated carbocycles. The number of anilines is 3. The van der Waals surface area contributed by atoms with Crippen LogP contribution in [0, 0.1) is 24.4 Å². The van der Waals surface area contributed by atoms with Gasteiger partial charge in [0.15, 0.2) is 11.5 Å². The van der Waals surface area contributed by atoms with Crippen molar-refractivity contribution in [2.75, 3.05) is 64.5 Å². The van der Waals surface area contributed by atoms with Crippen molar-refractivity contribution < 1.29 is 75.9 Å². The Morgan fingerprint density at radius 1 is 0.394 bits per heavy atom. The molecule has 0 bridgehead atoms. The van der Waals surface area contributed by atoms with Gasteiger partial charge in [-0.25, -0.2) is 8.78 Å². The van der Waals surface area contributed by atoms with Gasteiger partial charge in [-0.1, -0.05) is 33.6 Å². The van der Waals surface area contributed by atoms with Gasteiger partial charge in [-0.3, -0.25) is 14.0 Å². The van der Waals surface area contributed by atoms with E-state index in [2.05, 4.69) is 61.0 Å². The number of ether oxygens (including phenoxy) is 9. The topological polar surface area (TPSA) is 144 Å². The predicted octanol–water partition coefficient (Wildman–Crippen LogP) is 21.3. The van der Waals surface area contributed by atoms with E-state index in [1.54, 1.807) is 113 Å². The number of carbonyl (C=O) groups is 3. The van der Waals surface area contributed by atoms with E-state index in [1.165, 1.54) is 136 Å². The molecule has 0 atom stereocenters. The number of halogens is 5. The number of hydrogen-bond donors (Lipinski definition) is 0. The van der Waals surface area contributed by atoms with Crippen molar-refractivity contribution in [2.24, 2.45) is 0 Å². The van der Waals surface area contributed by atoms with Crippen molar-refractivity contribution in [1.29, 1.82) is 0 Å². The second kappa shape index (κ2) is 42.4. The van der Waals surface area contributed by atoms with Crippen LogP contribution in [-0.2, 0) is 34.0 Å². The molecule has 3 amide bonds. The van der Waals surface area contributed by atoms with Gasteiger partial charge in [0.25, 0.3) is 0 Å². The summed E-state index contributed by atoms with van der Waals surface area (Å²) in [6, 6.07) is 51.9. The molecule has 21 heteroatoms. The van der Waals surface area contributed by atoms with Crippen LogP contribution in [0.1, 0.15) is 104 Å². The number of methoxy groups -OCH3 is 6. The number of aryl methyl sites for hydroxylation is 1. The number of nitrogens with zero attached hydrogens (tertiary/aromatic N) is 3. The summed E-state index contributed by atoms with van der Waals surface area (Å²) < 4.78 is 116. The van der Waals surface area contributed by atoms with E-state index in [9.17, 15) is 31.9 Å². The van der Waals surface area contributed by atoms with Crippen LogP contribution in [0.3, 0.4) is 0 Å². The summed E-state index contributed by atoms with van der Waals surface area (Å²) in [4.78, 5) is 42.4. The Labute approximate surface area is 624 Å². The van der Waals surface area contributed by atoms with E-state index in [-0.39, 0.29) is 37.4 Å². The van der Waals surface area contributed by atoms with Gasteiger partial charge in [-0.05, 0) is 110 Å². The predicted molar refractivity (Wildman–Crippen MR) is 412 cm³/mol. The van der Waals surface area contributed by atoms with Crippen LogP contribution < -0.4 is 60.9 Å². The largest absolute Gasteiger partial charge is 0.497 e. The van der Waals surface area contributed by atoms with Gasteiger partial charge in [0.2, 0.25) is 11.8 Å². The SMILES string of the molecule is CCC[CH2][Sn]([CH2]CCC)([CH2]CCC)[c]1ccc(Oc2ccc(F)cc2N(Cc2cc(OC)ccc2OC)C(C)=O)cc1.COc1ccc(OC)c(CN(C(C)=O)c2cc(F)ccc2Oc2ccc(Br)cc2)c1.COc1ccc(OC)c(CN(C(C)=O)c2cc(F)ccc2Oc2ccc(C)cc2)c1.[2H]CF. The quantitative estimate of drug-likeness (QED) is 0.0301. The smallest absolute Gasteiger partial charge is 0.224 e. The first kappa shape index (κ1) is 81.9. The number of benzene rings is 9. The molecular formula is C83H96BrF4N3O12Sn. The maximum Gasteiger partial charge on any atom is 0.224 e. The van der Waals surface area contributed by atoms with E-state index >= 15 is 0 Å². The van der Waals surface area contributed by atoms with Crippen molar-refractivity contribution in [3.8, 4) is 69.0 Å². The van der Waals surface area contributed by atoms with E-state index in [0.29, 0.717) is 91.6 Å². The monoisotopic (exact) mass is 1600 g/mol. The zero-order valence-electron chi connectivity index (χ0n) is 62.6. The van der Waals surface area contributed by atoms with Crippen LogP contribution in [0.4, 0.5) is 34.6 Å². The number of amides is 3. The third-order valence-corrected chi connectivity index (χ3v) is 33.4. The minimum Gasteiger partial charge on any atom is -0.497 e. The van der Waals surface area contributed by atoms with Gasteiger partial charge in [0, 0.05) is 41.6 Å². The van der Waals surface area contributed by atoms with Crippen molar-refractivity contribution >= 4 is 72.7 Å². The Hall–Kier alpha value is -9.41. The molecule has 554 valence electrons. The second-order valence-corrected chi connectivity index (χ2v) is 38.5. The number of carbonyl (C=O) groups excluding carboxylic acids is 3. The molecule has 9 aromatic rings. The molecule has 9 aromatic carbocycles. The number of rotatable bonds is 31. The van der Waals surface area contributed by atoms with E-state index in [1.807, 2.05) is 49.4 Å². The standard InChI is InChI=1S/C24H24FNO4.C23H21BrFNO4.C23H21FNO4.3C4H9.CH3F.Sn/c1-16-5-8-20(9-6-16)30-24-11-7-19(25)14-22(24)26(17(2)27)15-18-13-21(28-3)10-12-23(18)29-4;1-15(27)26(14-16-12-20(28-2)9-11-22(16)29-3)21-13-18(25)6-10-23(21)30-19-7-4-17(24)5-8-19;1-16(26)25(15-17-13-20(27-2)10-12-22(17)28-3)21-14-18(24)9-11-23(21)29-19-7-5-4-6-8-19;3*1-3-4-2;1-2;/h5-14H,15H2,1-4H3;4-13H,14H2,1-3H3;5-14H,15H2,1-3H3;3*1,3-4H2,2H3;1H3;/i;;;;;;1D;. The minimum absolute atomic E-state index is 0.149. The van der Waals surface area contributed by atoms with Gasteiger partial charge in [-0.2, -0.15) is 0 Å². The molecule has 0 aliphatic heterocycles. The van der Waals surface area contributed by atoms with Crippen LogP contribution in [0.25, 0.3) is 0 Å². The molecule has 0 aromatic heterocycles. The maximum absolute atomic E-state index is 14.6. The Kier molecular flexibility index (Phi) is 33.4. The first-order valence-corrected chi connectivity index (χ1v) is 42.5. The first-order valence-electron chi connectivity index (χ1n) is 34.9. The fraction of sp³-hybridized carbons (Fsp3) is 0.313. The third-order valence-electron chi connectivity index (χ3n) is 17.2. The van der Waals surface area contributed by atoms with Crippen LogP contribution in [-0.4, -0.2) is 85.9 Å². The molecule has 0 radical (unpaired) electrons. The van der Waals surface area contributed by atoms with E-state index in [0.717, 1.165) is 21.2 Å². The second-order valence-electron chi connectivity index (χ2n) is 24.4. The van der Waals surface area contributed by atoms with Crippen molar-refractivity contribution in [1.82, 2.24) is 0 Å². The zero-order valence-corrected chi connectivity index (χ0v) is 66.1. The molecule has 9 rings (SSSR count). The summed E-state index contributed by atoms with van der Waals surface area (Å²) in [5.41, 5.74) is 4.27. The summed E-state index contributed by atoms with van der Waals surface area (Å²) in [7, 11) is 8.39. The molecule has 0 aliphatic carbocycles. The Bertz CT molecular complexity index is 4050. The molecule has 0 spiro atoms. The fourth-order valence-electron chi connectivity index (χ4n) is 11.7. The Morgan fingerprint density at radius 2 is 0.663 bits per heavy atom. The van der Waals surface area contributed by atoms with Crippen LogP contribution in [0.5, 0.6) is 69.0 Å². The minimum atomic E-state index is -2.57. The third kappa shape index (κ3) is 24.1. The molecule has 0 fully saturated rings. The normalized spacial score (nSPS) is 10.8. The molecular weight excluding hydrogens is 1510 g/mol. The Morgan fingerprint density at radius 3 is 0.933 bits per heavy atom. The Balaban J connectivity index is 0.000000247. The van der Waals surface area contributed by atoms with Gasteiger partial charge >= 0.3 is 232 Å². The zero-order chi connectivity index (χ0) is 76.6. The van der Waals surface area contributed by atoms with Crippen LogP contribution in [0.15, 0.2) is 186 Å². The van der Waals surface area contributed by atoms with Crippen molar-refractivity contribution in [3.63, 3.8) is 0 Å². The summed E-state index contributed by atoms with van der Waals surface area (Å²) in [6.45, 7) is 13.6. The first-order chi connectivity index (χ1) is 50.5. The van der Waals surface area contributed by atoms with Gasteiger partial charge < -0.3 is 43.0 Å². The van der Waals surface area contributed by atoms with E-state index < -0.39 is 43.0 Å². The summed E-state index contributed by atoms with van der Waals surface area (Å²) in [6.07, 6.45) is 7.62. The fourth-order valence-corrected chi connectivity index (χ4v) is 27.9. The summed E-state index contributed by atoms with van der Waals surface area (Å²) in [5, 5.41) is 0. The van der Waals surface area contributed by atoms with Gasteiger partial charge in [0.05, 0.1) is 75.6 Å². The molecule has 104 heavy (non-hydrogen) atoms. The molecule has 0 N–H and O–H groups in total. The molecule has 0 aliphatic rings.